The van der Waals surface area contributed by atoms with E-state index in [4.69, 9.17) is 21.4 Å². The lowest BCUT2D eigenvalue weighted by molar-refractivity contribution is -0.384. The maximum absolute atomic E-state index is 11.0. The van der Waals surface area contributed by atoms with Crippen LogP contribution in [0.1, 0.15) is 5.56 Å². The largest absolute Gasteiger partial charge is 0.512 e. The number of phenols is 1. The molecule has 25 heavy (non-hydrogen) atoms. The summed E-state index contributed by atoms with van der Waals surface area (Å²) in [5.74, 6) is 0.0550. The fourth-order valence-corrected chi connectivity index (χ4v) is 2.74. The minimum absolute atomic E-state index is 0.0121. The number of carboxylic acid groups (broad SMARTS) is 1. The van der Waals surface area contributed by atoms with Crippen molar-refractivity contribution in [2.75, 3.05) is 0 Å². The van der Waals surface area contributed by atoms with Crippen molar-refractivity contribution in [1.29, 1.82) is 0 Å². The molecular weight excluding hydrogens is 352 g/mol. The number of hydrogen-bond acceptors (Lipinski definition) is 5. The highest BCUT2D eigenvalue weighted by Gasteiger charge is 2.17. The first-order valence-electron chi connectivity index (χ1n) is 7.01. The van der Waals surface area contributed by atoms with E-state index in [1.165, 1.54) is 34.9 Å². The van der Waals surface area contributed by atoms with Gasteiger partial charge in [0.2, 0.25) is 5.88 Å². The molecule has 0 saturated heterocycles. The number of rotatable bonds is 4. The molecule has 9 heteroatoms. The van der Waals surface area contributed by atoms with Crippen LogP contribution in [0.3, 0.4) is 0 Å². The van der Waals surface area contributed by atoms with Gasteiger partial charge in [0.25, 0.3) is 5.69 Å². The van der Waals surface area contributed by atoms with E-state index in [-0.39, 0.29) is 28.9 Å². The van der Waals surface area contributed by atoms with Crippen LogP contribution >= 0.6 is 11.6 Å². The Morgan fingerprint density at radius 2 is 2.00 bits per heavy atom. The van der Waals surface area contributed by atoms with Gasteiger partial charge in [-0.25, -0.2) is 4.79 Å². The smallest absolute Gasteiger partial charge is 0.508 e. The molecule has 2 aromatic carbocycles. The molecule has 3 aromatic rings. The number of aromatic nitrogens is 1. The third-order valence-electron chi connectivity index (χ3n) is 3.59. The molecular formula is C16H11ClN2O6. The van der Waals surface area contributed by atoms with E-state index < -0.39 is 11.1 Å². The summed E-state index contributed by atoms with van der Waals surface area (Å²) in [6.45, 7) is 0.120. The van der Waals surface area contributed by atoms with Gasteiger partial charge in [0, 0.05) is 17.5 Å². The monoisotopic (exact) mass is 362 g/mol. The van der Waals surface area contributed by atoms with Crippen molar-refractivity contribution in [3.8, 4) is 11.6 Å². The second kappa shape index (κ2) is 6.33. The van der Waals surface area contributed by atoms with Gasteiger partial charge in [0.15, 0.2) is 0 Å². The normalized spacial score (nSPS) is 10.8. The van der Waals surface area contributed by atoms with Crippen LogP contribution in [0.15, 0.2) is 42.5 Å². The van der Waals surface area contributed by atoms with Crippen LogP contribution in [0.2, 0.25) is 5.02 Å². The molecule has 1 aromatic heterocycles. The zero-order chi connectivity index (χ0) is 18.1. The molecule has 2 N–H and O–H groups in total. The molecule has 0 saturated carbocycles. The third-order valence-corrected chi connectivity index (χ3v) is 3.91. The molecule has 128 valence electrons. The van der Waals surface area contributed by atoms with Crippen LogP contribution in [-0.2, 0) is 6.54 Å². The summed E-state index contributed by atoms with van der Waals surface area (Å²) in [6, 6.07) is 10.3. The Hall–Kier alpha value is -3.26. The number of fused-ring (bicyclic) bond motifs is 1. The Bertz CT molecular complexity index is 998. The lowest BCUT2D eigenvalue weighted by Gasteiger charge is -2.10. The zero-order valence-corrected chi connectivity index (χ0v) is 13.3. The highest BCUT2D eigenvalue weighted by Crippen LogP contribution is 2.31. The summed E-state index contributed by atoms with van der Waals surface area (Å²) in [6.07, 6.45) is -1.49. The number of halogens is 1. The first-order valence-corrected chi connectivity index (χ1v) is 7.39. The topological polar surface area (TPSA) is 115 Å². The van der Waals surface area contributed by atoms with Crippen LogP contribution < -0.4 is 4.74 Å². The van der Waals surface area contributed by atoms with Crippen LogP contribution in [0, 0.1) is 10.1 Å². The van der Waals surface area contributed by atoms with Gasteiger partial charge in [0.1, 0.15) is 10.8 Å². The van der Waals surface area contributed by atoms with Crippen LogP contribution in [0.5, 0.6) is 11.6 Å². The minimum atomic E-state index is -1.49. The van der Waals surface area contributed by atoms with Crippen molar-refractivity contribution in [1.82, 2.24) is 4.57 Å². The second-order valence-electron chi connectivity index (χ2n) is 5.22. The van der Waals surface area contributed by atoms with Gasteiger partial charge in [0.05, 0.1) is 17.0 Å². The van der Waals surface area contributed by atoms with E-state index in [9.17, 15) is 20.0 Å². The van der Waals surface area contributed by atoms with Gasteiger partial charge in [-0.1, -0.05) is 17.7 Å². The van der Waals surface area contributed by atoms with Crippen LogP contribution in [0.4, 0.5) is 10.5 Å². The van der Waals surface area contributed by atoms with Crippen molar-refractivity contribution in [3.05, 3.63) is 63.2 Å². The molecule has 0 atom stereocenters. The fourth-order valence-electron chi connectivity index (χ4n) is 2.55. The maximum atomic E-state index is 11.0. The molecule has 3 rings (SSSR count). The molecule has 0 aliphatic heterocycles. The first kappa shape index (κ1) is 16.6. The molecule has 0 aliphatic rings. The van der Waals surface area contributed by atoms with E-state index in [2.05, 4.69) is 0 Å². The Morgan fingerprint density at radius 1 is 1.24 bits per heavy atom. The van der Waals surface area contributed by atoms with Gasteiger partial charge >= 0.3 is 6.16 Å². The molecule has 8 nitrogen and oxygen atoms in total. The summed E-state index contributed by atoms with van der Waals surface area (Å²) in [5, 5.41) is 30.1. The summed E-state index contributed by atoms with van der Waals surface area (Å²) in [4.78, 5) is 21.3. The average Bonchev–Trinajstić information content (AvgIpc) is 2.84. The SMILES string of the molecule is O=C(O)Oc1cc2cc(O)ccc2n1Cc1ccc(Cl)c([N+](=O)[O-])c1. The summed E-state index contributed by atoms with van der Waals surface area (Å²) in [5.41, 5.74) is 0.901. The average molecular weight is 363 g/mol. The third kappa shape index (κ3) is 3.33. The number of nitrogens with zero attached hydrogens (tertiary/aromatic N) is 2. The number of hydrogen-bond donors (Lipinski definition) is 2. The predicted molar refractivity (Wildman–Crippen MR) is 89.5 cm³/mol. The van der Waals surface area contributed by atoms with Crippen molar-refractivity contribution < 1.29 is 24.7 Å². The van der Waals surface area contributed by atoms with Crippen molar-refractivity contribution in [2.24, 2.45) is 0 Å². The summed E-state index contributed by atoms with van der Waals surface area (Å²) < 4.78 is 6.32. The number of nitro benzene ring substituents is 1. The first-order chi connectivity index (χ1) is 11.8. The summed E-state index contributed by atoms with van der Waals surface area (Å²) >= 11 is 5.81. The highest BCUT2D eigenvalue weighted by molar-refractivity contribution is 6.32. The second-order valence-corrected chi connectivity index (χ2v) is 5.63. The predicted octanol–water partition coefficient (Wildman–Crippen LogP) is 4.01. The van der Waals surface area contributed by atoms with Crippen LogP contribution in [0.25, 0.3) is 10.9 Å². The van der Waals surface area contributed by atoms with E-state index in [0.29, 0.717) is 16.5 Å². The zero-order valence-electron chi connectivity index (χ0n) is 12.5. The van der Waals surface area contributed by atoms with E-state index in [1.807, 2.05) is 0 Å². The standard InChI is InChI=1S/C16H11ClN2O6/c17-12-3-1-9(5-14(12)19(23)24)8-18-13-4-2-11(20)6-10(13)7-15(18)25-16(21)22/h1-7,20H,8H2,(H,21,22). The van der Waals surface area contributed by atoms with Gasteiger partial charge in [-0.05, 0) is 29.8 Å². The Morgan fingerprint density at radius 3 is 2.68 bits per heavy atom. The quantitative estimate of drug-likeness (QED) is 0.411. The van der Waals surface area contributed by atoms with Crippen LogP contribution in [-0.4, -0.2) is 25.9 Å². The van der Waals surface area contributed by atoms with Crippen molar-refractivity contribution >= 4 is 34.3 Å². The Balaban J connectivity index is 2.09. The highest BCUT2D eigenvalue weighted by atomic mass is 35.5. The number of aromatic hydroxyl groups is 1. The van der Waals surface area contributed by atoms with Crippen molar-refractivity contribution in [3.63, 3.8) is 0 Å². The van der Waals surface area contributed by atoms with Gasteiger partial charge in [-0.3, -0.25) is 10.1 Å². The van der Waals surface area contributed by atoms with E-state index in [1.54, 1.807) is 12.1 Å². The Labute approximate surface area is 145 Å². The molecule has 0 fully saturated rings. The van der Waals surface area contributed by atoms with Crippen molar-refractivity contribution in [2.45, 2.75) is 6.54 Å². The minimum Gasteiger partial charge on any atom is -0.508 e. The van der Waals surface area contributed by atoms with E-state index in [0.717, 1.165) is 0 Å². The molecule has 0 bridgehead atoms. The summed E-state index contributed by atoms with van der Waals surface area (Å²) in [7, 11) is 0. The fraction of sp³-hybridized carbons (Fsp3) is 0.0625. The maximum Gasteiger partial charge on any atom is 0.512 e. The van der Waals surface area contributed by atoms with Gasteiger partial charge in [-0.15, -0.1) is 0 Å². The molecule has 0 radical (unpaired) electrons. The van der Waals surface area contributed by atoms with Gasteiger partial charge in [-0.2, -0.15) is 0 Å². The number of benzene rings is 2. The number of phenolic OH excluding ortho intramolecular Hbond substituents is 1. The number of nitro groups is 1. The molecule has 0 unspecified atom stereocenters. The molecule has 0 aliphatic carbocycles. The van der Waals surface area contributed by atoms with Gasteiger partial charge < -0.3 is 19.5 Å². The van der Waals surface area contributed by atoms with E-state index >= 15 is 0 Å². The molecule has 0 spiro atoms. The Kier molecular flexibility index (Phi) is 4.20. The lowest BCUT2D eigenvalue weighted by Crippen LogP contribution is -2.09. The molecule has 1 heterocycles. The number of ether oxygens (including phenoxy) is 1. The lowest BCUT2D eigenvalue weighted by atomic mass is 10.2. The molecule has 0 amide bonds. The number of carbonyl (C=O) groups is 1.